The summed E-state index contributed by atoms with van der Waals surface area (Å²) in [5.41, 5.74) is 7.34. The summed E-state index contributed by atoms with van der Waals surface area (Å²) >= 11 is 0. The third kappa shape index (κ3) is 7.25. The lowest BCUT2D eigenvalue weighted by atomic mass is 9.77. The summed E-state index contributed by atoms with van der Waals surface area (Å²) in [6, 6.07) is 47.7. The van der Waals surface area contributed by atoms with Gasteiger partial charge in [0, 0.05) is 25.1 Å². The second-order valence-electron chi connectivity index (χ2n) is 14.5. The Labute approximate surface area is 338 Å². The molecule has 5 aromatic carbocycles. The van der Waals surface area contributed by atoms with Gasteiger partial charge in [-0.1, -0.05) is 166 Å². The molecule has 10 heteroatoms. The average molecular weight is 767 g/mol. The average Bonchev–Trinajstić information content (AvgIpc) is 3.98. The van der Waals surface area contributed by atoms with Crippen LogP contribution < -0.4 is 5.32 Å². The molecule has 8 rings (SSSR count). The fraction of sp³-hybridized carbons (Fsp3) is 0.208. The van der Waals surface area contributed by atoms with Crippen molar-refractivity contribution in [1.82, 2.24) is 40.0 Å². The van der Waals surface area contributed by atoms with Crippen molar-refractivity contribution in [2.24, 2.45) is 0 Å². The van der Waals surface area contributed by atoms with E-state index in [0.717, 1.165) is 82.6 Å². The van der Waals surface area contributed by atoms with Crippen molar-refractivity contribution >= 4 is 18.0 Å². The number of aromatic nitrogens is 6. The minimum atomic E-state index is -0.883. The predicted octanol–water partition coefficient (Wildman–Crippen LogP) is 9.13. The van der Waals surface area contributed by atoms with E-state index in [2.05, 4.69) is 138 Å². The zero-order valence-corrected chi connectivity index (χ0v) is 32.8. The molecule has 3 heterocycles. The maximum Gasteiger partial charge on any atom is 0.329 e. The van der Waals surface area contributed by atoms with Crippen molar-refractivity contribution in [1.29, 1.82) is 0 Å². The van der Waals surface area contributed by atoms with Crippen LogP contribution in [-0.2, 0) is 23.3 Å². The first-order valence-corrected chi connectivity index (χ1v) is 20.1. The number of benzene rings is 5. The van der Waals surface area contributed by atoms with Crippen molar-refractivity contribution in [2.45, 2.75) is 58.0 Å². The van der Waals surface area contributed by atoms with E-state index in [1.165, 1.54) is 0 Å². The highest BCUT2D eigenvalue weighted by Crippen LogP contribution is 2.43. The van der Waals surface area contributed by atoms with Gasteiger partial charge in [0.2, 0.25) is 0 Å². The third-order valence-corrected chi connectivity index (χ3v) is 10.9. The normalized spacial score (nSPS) is 13.7. The lowest BCUT2D eigenvalue weighted by Crippen LogP contribution is -2.39. The molecular formula is C48H46N8O2. The number of amides is 3. The number of carbonyl (C=O) groups excluding carboxylic acids is 2. The summed E-state index contributed by atoms with van der Waals surface area (Å²) in [4.78, 5) is 31.9. The SMILES string of the molecule is CCCCc1ncc(/C=C2\C(=O)NC(=O)N2CCCC)n1Cc1ccc(-c2ccccc2-c2nnnn2C(c2ccccc2)(c2ccccc2)c2ccccc2)cc1. The Hall–Kier alpha value is -6.94. The largest absolute Gasteiger partial charge is 0.329 e. The molecule has 1 aliphatic rings. The molecule has 1 N–H and O–H groups in total. The van der Waals surface area contributed by atoms with Crippen LogP contribution in [0, 0.1) is 0 Å². The minimum absolute atomic E-state index is 0.353. The van der Waals surface area contributed by atoms with E-state index >= 15 is 0 Å². The van der Waals surface area contributed by atoms with Crippen LogP contribution >= 0.6 is 0 Å². The van der Waals surface area contributed by atoms with Gasteiger partial charge in [-0.3, -0.25) is 15.0 Å². The lowest BCUT2D eigenvalue weighted by molar-refractivity contribution is -0.116. The fourth-order valence-electron chi connectivity index (χ4n) is 7.93. The molecule has 290 valence electrons. The number of imide groups is 1. The lowest BCUT2D eigenvalue weighted by Gasteiger charge is -2.36. The van der Waals surface area contributed by atoms with Gasteiger partial charge < -0.3 is 4.57 Å². The van der Waals surface area contributed by atoms with Crippen molar-refractivity contribution in [3.8, 4) is 22.5 Å². The molecule has 0 radical (unpaired) electrons. The molecule has 2 aromatic heterocycles. The molecule has 0 aliphatic carbocycles. The number of carbonyl (C=O) groups is 2. The number of hydrogen-bond acceptors (Lipinski definition) is 6. The fourth-order valence-corrected chi connectivity index (χ4v) is 7.93. The number of aryl methyl sites for hydroxylation is 1. The van der Waals surface area contributed by atoms with Gasteiger partial charge in [-0.25, -0.2) is 14.5 Å². The molecule has 1 aliphatic heterocycles. The summed E-state index contributed by atoms with van der Waals surface area (Å²) in [6.07, 6.45) is 8.15. The van der Waals surface area contributed by atoms with E-state index in [1.807, 2.05) is 35.0 Å². The van der Waals surface area contributed by atoms with Crippen LogP contribution in [0.4, 0.5) is 4.79 Å². The Morgan fingerprint density at radius 1 is 0.690 bits per heavy atom. The van der Waals surface area contributed by atoms with Gasteiger partial charge in [-0.05, 0) is 62.7 Å². The van der Waals surface area contributed by atoms with Gasteiger partial charge >= 0.3 is 6.03 Å². The molecule has 1 fully saturated rings. The van der Waals surface area contributed by atoms with Crippen LogP contribution in [0.25, 0.3) is 28.6 Å². The highest BCUT2D eigenvalue weighted by atomic mass is 16.2. The van der Waals surface area contributed by atoms with Crippen molar-refractivity contribution < 1.29 is 9.59 Å². The van der Waals surface area contributed by atoms with Crippen LogP contribution in [0.1, 0.15) is 73.3 Å². The smallest absolute Gasteiger partial charge is 0.324 e. The molecule has 1 saturated heterocycles. The monoisotopic (exact) mass is 766 g/mol. The first-order valence-electron chi connectivity index (χ1n) is 20.1. The van der Waals surface area contributed by atoms with Gasteiger partial charge in [0.05, 0.1) is 11.9 Å². The van der Waals surface area contributed by atoms with Crippen LogP contribution in [0.2, 0.25) is 0 Å². The summed E-state index contributed by atoms with van der Waals surface area (Å²) in [5.74, 6) is 1.19. The molecule has 10 nitrogen and oxygen atoms in total. The van der Waals surface area contributed by atoms with Crippen molar-refractivity contribution in [2.75, 3.05) is 6.54 Å². The molecule has 7 aromatic rings. The highest BCUT2D eigenvalue weighted by molar-refractivity contribution is 6.13. The number of tetrazole rings is 1. The second kappa shape index (κ2) is 17.1. The van der Waals surface area contributed by atoms with E-state index in [4.69, 9.17) is 15.3 Å². The van der Waals surface area contributed by atoms with Gasteiger partial charge in [-0.2, -0.15) is 0 Å². The van der Waals surface area contributed by atoms with E-state index in [1.54, 1.807) is 17.2 Å². The molecule has 58 heavy (non-hydrogen) atoms. The molecule has 0 saturated carbocycles. The molecule has 0 atom stereocenters. The zero-order chi connectivity index (χ0) is 39.9. The first-order chi connectivity index (χ1) is 28.5. The van der Waals surface area contributed by atoms with Crippen LogP contribution in [0.3, 0.4) is 0 Å². The van der Waals surface area contributed by atoms with E-state index in [-0.39, 0.29) is 11.9 Å². The number of urea groups is 1. The van der Waals surface area contributed by atoms with Crippen LogP contribution in [0.5, 0.6) is 0 Å². The van der Waals surface area contributed by atoms with Crippen molar-refractivity contribution in [3.05, 3.63) is 185 Å². The minimum Gasteiger partial charge on any atom is -0.324 e. The Morgan fingerprint density at radius 2 is 1.28 bits per heavy atom. The Bertz CT molecular complexity index is 2430. The second-order valence-corrected chi connectivity index (χ2v) is 14.5. The maximum atomic E-state index is 12.9. The van der Waals surface area contributed by atoms with Gasteiger partial charge in [0.1, 0.15) is 17.1 Å². The molecule has 0 unspecified atom stereocenters. The Morgan fingerprint density at radius 3 is 1.88 bits per heavy atom. The molecule has 0 bridgehead atoms. The third-order valence-electron chi connectivity index (χ3n) is 10.9. The van der Waals surface area contributed by atoms with Crippen LogP contribution in [0.15, 0.2) is 151 Å². The standard InChI is InChI=1S/C48H46N8O2/c1-3-5-26-44-49-33-40(32-43-46(57)50-47(58)54(43)31-6-4-2)55(44)34-35-27-29-36(30-28-35)41-24-16-17-25-42(41)45-51-52-53-56(45)48(37-18-10-7-11-19-37,38-20-12-8-13-21-38)39-22-14-9-15-23-39/h7-25,27-30,32-33H,3-6,26,31,34H2,1-2H3,(H,50,57,58)/b43-32+. The maximum absolute atomic E-state index is 12.9. The highest BCUT2D eigenvalue weighted by Gasteiger charge is 2.42. The van der Waals surface area contributed by atoms with Crippen molar-refractivity contribution in [3.63, 3.8) is 0 Å². The zero-order valence-electron chi connectivity index (χ0n) is 32.8. The van der Waals surface area contributed by atoms with E-state index in [0.29, 0.717) is 24.6 Å². The van der Waals surface area contributed by atoms with Gasteiger partial charge in [-0.15, -0.1) is 5.10 Å². The number of hydrogen-bond donors (Lipinski definition) is 1. The number of rotatable bonds is 15. The Balaban J connectivity index is 1.18. The van der Waals surface area contributed by atoms with E-state index in [9.17, 15) is 9.59 Å². The van der Waals surface area contributed by atoms with Gasteiger partial charge in [0.25, 0.3) is 5.91 Å². The van der Waals surface area contributed by atoms with Gasteiger partial charge in [0.15, 0.2) is 5.82 Å². The molecule has 3 amide bonds. The number of nitrogens with zero attached hydrogens (tertiary/aromatic N) is 7. The summed E-state index contributed by atoms with van der Waals surface area (Å²) in [5, 5.41) is 16.3. The topological polar surface area (TPSA) is 111 Å². The van der Waals surface area contributed by atoms with E-state index < -0.39 is 5.54 Å². The number of imidazole rings is 1. The Kier molecular flexibility index (Phi) is 11.2. The summed E-state index contributed by atoms with van der Waals surface area (Å²) in [6.45, 7) is 5.26. The predicted molar refractivity (Wildman–Crippen MR) is 226 cm³/mol. The quantitative estimate of drug-likeness (QED) is 0.0634. The van der Waals surface area contributed by atoms with Crippen LogP contribution in [-0.4, -0.2) is 53.1 Å². The summed E-state index contributed by atoms with van der Waals surface area (Å²) in [7, 11) is 0. The first kappa shape index (κ1) is 38.0. The summed E-state index contributed by atoms with van der Waals surface area (Å²) < 4.78 is 4.12. The molecule has 0 spiro atoms. The molecular weight excluding hydrogens is 721 g/mol. The number of unbranched alkanes of at least 4 members (excludes halogenated alkanes) is 2. The number of nitrogens with one attached hydrogen (secondary N) is 1.